The summed E-state index contributed by atoms with van der Waals surface area (Å²) in [6.07, 6.45) is -0.922. The van der Waals surface area contributed by atoms with Gasteiger partial charge < -0.3 is 4.57 Å². The van der Waals surface area contributed by atoms with Crippen molar-refractivity contribution >= 4 is 28.3 Å². The Balaban J connectivity index is 1.84. The fourth-order valence-corrected chi connectivity index (χ4v) is 3.54. The van der Waals surface area contributed by atoms with Crippen LogP contribution >= 0.6 is 11.6 Å². The maximum Gasteiger partial charge on any atom is 0.416 e. The van der Waals surface area contributed by atoms with Gasteiger partial charge in [0.05, 0.1) is 16.8 Å². The molecular formula is C21H17ClF3NO. The molecule has 140 valence electrons. The van der Waals surface area contributed by atoms with E-state index in [1.165, 1.54) is 6.07 Å². The van der Waals surface area contributed by atoms with Crippen molar-refractivity contribution in [3.05, 3.63) is 64.8 Å². The minimum Gasteiger partial charge on any atom is -0.307 e. The fourth-order valence-electron chi connectivity index (χ4n) is 3.36. The predicted molar refractivity (Wildman–Crippen MR) is 99.6 cm³/mol. The van der Waals surface area contributed by atoms with Crippen molar-refractivity contribution in [2.45, 2.75) is 31.9 Å². The molecule has 6 heteroatoms. The van der Waals surface area contributed by atoms with E-state index in [1.54, 1.807) is 34.9 Å². The van der Waals surface area contributed by atoms with E-state index in [1.807, 2.05) is 0 Å². The number of alkyl halides is 3. The molecule has 0 atom stereocenters. The molecule has 2 nitrogen and oxygen atoms in total. The lowest BCUT2D eigenvalue weighted by atomic mass is 10.1. The third-order valence-corrected chi connectivity index (χ3v) is 5.19. The van der Waals surface area contributed by atoms with Gasteiger partial charge in [0.2, 0.25) is 0 Å². The Bertz CT molecular complexity index is 1020. The Morgan fingerprint density at radius 1 is 1.11 bits per heavy atom. The quantitative estimate of drug-likeness (QED) is 0.445. The smallest absolute Gasteiger partial charge is 0.307 e. The zero-order chi connectivity index (χ0) is 19.2. The normalized spacial score (nSPS) is 14.7. The molecule has 0 unspecified atom stereocenters. The minimum atomic E-state index is -4.45. The Labute approximate surface area is 159 Å². The fraction of sp³-hybridized carbons (Fsp3) is 0.286. The van der Waals surface area contributed by atoms with Crippen LogP contribution in [0.1, 0.15) is 41.7 Å². The van der Waals surface area contributed by atoms with Crippen LogP contribution in [0.25, 0.3) is 16.6 Å². The number of rotatable bonds is 5. The standard InChI is InChI=1S/C21H17ClF3NO/c22-16-7-8-18-14(10-16)11-19(20(27)9-6-13-4-5-13)26(18)17-3-1-2-15(12-17)21(23,24)25/h1-3,7-8,10-13H,4-6,9H2. The lowest BCUT2D eigenvalue weighted by Gasteiger charge is -2.13. The van der Waals surface area contributed by atoms with E-state index in [9.17, 15) is 18.0 Å². The van der Waals surface area contributed by atoms with Crippen molar-refractivity contribution in [3.8, 4) is 5.69 Å². The Kier molecular flexibility index (Phi) is 4.50. The summed E-state index contributed by atoms with van der Waals surface area (Å²) < 4.78 is 41.1. The molecule has 0 amide bonds. The number of aromatic nitrogens is 1. The summed E-state index contributed by atoms with van der Waals surface area (Å²) in [5.74, 6) is 0.543. The van der Waals surface area contributed by atoms with Crippen LogP contribution in [0.4, 0.5) is 13.2 Å². The van der Waals surface area contributed by atoms with Gasteiger partial charge in [0.1, 0.15) is 0 Å². The van der Waals surface area contributed by atoms with E-state index >= 15 is 0 Å². The highest BCUT2D eigenvalue weighted by Crippen LogP contribution is 2.36. The second-order valence-corrected chi connectivity index (χ2v) is 7.46. The number of halogens is 4. The number of fused-ring (bicyclic) bond motifs is 1. The van der Waals surface area contributed by atoms with Crippen molar-refractivity contribution in [2.75, 3.05) is 0 Å². The third kappa shape index (κ3) is 3.74. The van der Waals surface area contributed by atoms with Gasteiger partial charge in [-0.25, -0.2) is 0 Å². The zero-order valence-electron chi connectivity index (χ0n) is 14.4. The van der Waals surface area contributed by atoms with Crippen LogP contribution in [0.5, 0.6) is 0 Å². The molecule has 1 aliphatic carbocycles. The van der Waals surface area contributed by atoms with Crippen LogP contribution in [0.15, 0.2) is 48.5 Å². The summed E-state index contributed by atoms with van der Waals surface area (Å²) in [6.45, 7) is 0. The summed E-state index contributed by atoms with van der Waals surface area (Å²) in [4.78, 5) is 12.8. The van der Waals surface area contributed by atoms with Gasteiger partial charge in [-0.1, -0.05) is 30.5 Å². The molecule has 0 saturated heterocycles. The van der Waals surface area contributed by atoms with E-state index < -0.39 is 11.7 Å². The molecule has 0 radical (unpaired) electrons. The lowest BCUT2D eigenvalue weighted by molar-refractivity contribution is -0.137. The molecule has 0 N–H and O–H groups in total. The van der Waals surface area contributed by atoms with Gasteiger partial charge in [0.25, 0.3) is 0 Å². The third-order valence-electron chi connectivity index (χ3n) is 4.96. The van der Waals surface area contributed by atoms with Crippen molar-refractivity contribution < 1.29 is 18.0 Å². The molecule has 0 spiro atoms. The molecule has 1 aromatic heterocycles. The first-order valence-corrected chi connectivity index (χ1v) is 9.22. The zero-order valence-corrected chi connectivity index (χ0v) is 15.1. The molecule has 1 heterocycles. The molecule has 0 bridgehead atoms. The van der Waals surface area contributed by atoms with Gasteiger partial charge in [0, 0.05) is 22.5 Å². The summed E-state index contributed by atoms with van der Waals surface area (Å²) in [5.41, 5.74) is 0.629. The number of carbonyl (C=O) groups excluding carboxylic acids is 1. The second kappa shape index (κ2) is 6.71. The van der Waals surface area contributed by atoms with Crippen molar-refractivity contribution in [1.29, 1.82) is 0 Å². The number of hydrogen-bond acceptors (Lipinski definition) is 1. The lowest BCUT2D eigenvalue weighted by Crippen LogP contribution is -2.10. The molecule has 0 aliphatic heterocycles. The first kappa shape index (κ1) is 18.1. The molecular weight excluding hydrogens is 375 g/mol. The molecule has 1 saturated carbocycles. The number of carbonyl (C=O) groups is 1. The van der Waals surface area contributed by atoms with Gasteiger partial charge in [-0.15, -0.1) is 0 Å². The molecule has 27 heavy (non-hydrogen) atoms. The maximum atomic E-state index is 13.2. The van der Waals surface area contributed by atoms with Gasteiger partial charge in [0.15, 0.2) is 5.78 Å². The SMILES string of the molecule is O=C(CCC1CC1)c1cc2cc(Cl)ccc2n1-c1cccc(C(F)(F)F)c1. The summed E-state index contributed by atoms with van der Waals surface area (Å²) >= 11 is 6.06. The summed E-state index contributed by atoms with van der Waals surface area (Å²) in [6, 6.07) is 11.9. The maximum absolute atomic E-state index is 13.2. The molecule has 1 aliphatic rings. The van der Waals surface area contributed by atoms with Crippen LogP contribution < -0.4 is 0 Å². The average molecular weight is 392 g/mol. The van der Waals surface area contributed by atoms with Crippen molar-refractivity contribution in [1.82, 2.24) is 4.57 Å². The highest BCUT2D eigenvalue weighted by atomic mass is 35.5. The average Bonchev–Trinajstić information content (AvgIpc) is 3.38. The Morgan fingerprint density at radius 2 is 1.89 bits per heavy atom. The second-order valence-electron chi connectivity index (χ2n) is 7.02. The summed E-state index contributed by atoms with van der Waals surface area (Å²) in [7, 11) is 0. The van der Waals surface area contributed by atoms with Crippen LogP contribution in [-0.2, 0) is 6.18 Å². The van der Waals surface area contributed by atoms with Gasteiger partial charge in [-0.2, -0.15) is 13.2 Å². The van der Waals surface area contributed by atoms with Gasteiger partial charge in [-0.05, 0) is 54.8 Å². The Morgan fingerprint density at radius 3 is 2.59 bits per heavy atom. The monoisotopic (exact) mass is 391 g/mol. The summed E-state index contributed by atoms with van der Waals surface area (Å²) in [5, 5.41) is 1.25. The van der Waals surface area contributed by atoms with E-state index in [0.717, 1.165) is 36.8 Å². The highest BCUT2D eigenvalue weighted by Gasteiger charge is 2.31. The number of hydrogen-bond donors (Lipinski definition) is 0. The number of nitrogens with zero attached hydrogens (tertiary/aromatic N) is 1. The topological polar surface area (TPSA) is 22.0 Å². The van der Waals surface area contributed by atoms with E-state index in [0.29, 0.717) is 34.3 Å². The first-order valence-electron chi connectivity index (χ1n) is 8.85. The highest BCUT2D eigenvalue weighted by molar-refractivity contribution is 6.31. The van der Waals surface area contributed by atoms with Gasteiger partial charge >= 0.3 is 6.18 Å². The number of benzene rings is 2. The molecule has 4 rings (SSSR count). The van der Waals surface area contributed by atoms with Crippen LogP contribution in [0.2, 0.25) is 5.02 Å². The van der Waals surface area contributed by atoms with E-state index in [-0.39, 0.29) is 5.78 Å². The van der Waals surface area contributed by atoms with Crippen LogP contribution in [0.3, 0.4) is 0 Å². The van der Waals surface area contributed by atoms with Crippen LogP contribution in [-0.4, -0.2) is 10.4 Å². The first-order chi connectivity index (χ1) is 12.8. The molecule has 3 aromatic rings. The van der Waals surface area contributed by atoms with Crippen LogP contribution in [0, 0.1) is 5.92 Å². The van der Waals surface area contributed by atoms with E-state index in [2.05, 4.69) is 0 Å². The van der Waals surface area contributed by atoms with Crippen molar-refractivity contribution in [2.24, 2.45) is 5.92 Å². The minimum absolute atomic E-state index is 0.0633. The van der Waals surface area contributed by atoms with Crippen molar-refractivity contribution in [3.63, 3.8) is 0 Å². The van der Waals surface area contributed by atoms with Gasteiger partial charge in [-0.3, -0.25) is 4.79 Å². The predicted octanol–water partition coefficient (Wildman–Crippen LogP) is 6.68. The number of Topliss-reactive ketones (excluding diaryl/α,β-unsaturated/α-hetero) is 1. The van der Waals surface area contributed by atoms with E-state index in [4.69, 9.17) is 11.6 Å². The largest absolute Gasteiger partial charge is 0.416 e. The number of ketones is 1. The molecule has 2 aromatic carbocycles. The Hall–Kier alpha value is -2.27. The molecule has 1 fully saturated rings.